The molecule has 0 spiro atoms. The average molecular weight is 163 g/mol. The maximum atomic E-state index is 5.37. The van der Waals surface area contributed by atoms with Crippen LogP contribution in [0.3, 0.4) is 0 Å². The molecule has 2 unspecified atom stereocenters. The third-order valence-electron chi connectivity index (χ3n) is 2.37. The number of hydrogen-bond acceptors (Lipinski definition) is 1. The zero-order chi connectivity index (χ0) is 8.97. The topological polar surface area (TPSA) is 26.0 Å². The second-order valence-corrected chi connectivity index (χ2v) is 3.28. The fourth-order valence-electron chi connectivity index (χ4n) is 1.45. The lowest BCUT2D eigenvalue weighted by molar-refractivity contribution is 0.598. The van der Waals surface area contributed by atoms with E-state index in [1.807, 2.05) is 0 Å². The minimum Gasteiger partial charge on any atom is -0.405 e. The van der Waals surface area contributed by atoms with Crippen LogP contribution >= 0.6 is 0 Å². The van der Waals surface area contributed by atoms with E-state index in [4.69, 9.17) is 5.73 Å². The minimum atomic E-state index is 0.495. The lowest BCUT2D eigenvalue weighted by atomic mass is 9.86. The van der Waals surface area contributed by atoms with Gasteiger partial charge in [0.25, 0.3) is 0 Å². The van der Waals surface area contributed by atoms with Crippen molar-refractivity contribution in [3.05, 3.63) is 36.1 Å². The fraction of sp³-hybridized carbons (Fsp3) is 0.455. The fourth-order valence-corrected chi connectivity index (χ4v) is 1.45. The molecule has 2 N–H and O–H groups in total. The largest absolute Gasteiger partial charge is 0.405 e. The van der Waals surface area contributed by atoms with Crippen LogP contribution in [0.15, 0.2) is 36.1 Å². The Bertz CT molecular complexity index is 223. The van der Waals surface area contributed by atoms with E-state index in [0.29, 0.717) is 11.8 Å². The van der Waals surface area contributed by atoms with E-state index in [9.17, 15) is 0 Å². The van der Waals surface area contributed by atoms with E-state index in [1.165, 1.54) is 5.57 Å². The van der Waals surface area contributed by atoms with Gasteiger partial charge in [-0.2, -0.15) is 0 Å². The average Bonchev–Trinajstić information content (AvgIpc) is 2.09. The van der Waals surface area contributed by atoms with Crippen LogP contribution < -0.4 is 5.73 Å². The molecule has 0 saturated heterocycles. The molecule has 0 saturated carbocycles. The van der Waals surface area contributed by atoms with Gasteiger partial charge in [-0.05, 0) is 18.5 Å². The van der Waals surface area contributed by atoms with Gasteiger partial charge in [-0.3, -0.25) is 0 Å². The summed E-state index contributed by atoms with van der Waals surface area (Å²) >= 11 is 0. The lowest BCUT2D eigenvalue weighted by Crippen LogP contribution is -2.08. The van der Waals surface area contributed by atoms with E-state index >= 15 is 0 Å². The first-order valence-electron chi connectivity index (χ1n) is 4.55. The predicted octanol–water partition coefficient (Wildman–Crippen LogP) is 2.62. The van der Waals surface area contributed by atoms with Crippen molar-refractivity contribution in [2.45, 2.75) is 20.3 Å². The van der Waals surface area contributed by atoms with Gasteiger partial charge in [-0.15, -0.1) is 0 Å². The first-order chi connectivity index (χ1) is 5.77. The molecule has 0 radical (unpaired) electrons. The van der Waals surface area contributed by atoms with Crippen molar-refractivity contribution in [3.63, 3.8) is 0 Å². The summed E-state index contributed by atoms with van der Waals surface area (Å²) in [4.78, 5) is 0. The number of allylic oxidation sites excluding steroid dienone is 5. The van der Waals surface area contributed by atoms with Crippen LogP contribution in [-0.4, -0.2) is 0 Å². The molecule has 0 aromatic heterocycles. The molecule has 0 aromatic carbocycles. The molecule has 0 aliphatic heterocycles. The number of rotatable bonds is 2. The van der Waals surface area contributed by atoms with Crippen molar-refractivity contribution in [1.29, 1.82) is 0 Å². The molecular formula is C11H17N. The van der Waals surface area contributed by atoms with Gasteiger partial charge < -0.3 is 5.73 Å². The van der Waals surface area contributed by atoms with Crippen molar-refractivity contribution < 1.29 is 0 Å². The quantitative estimate of drug-likeness (QED) is 0.665. The second kappa shape index (κ2) is 4.15. The highest BCUT2D eigenvalue weighted by Crippen LogP contribution is 2.24. The van der Waals surface area contributed by atoms with Crippen LogP contribution in [0.4, 0.5) is 0 Å². The first kappa shape index (κ1) is 9.11. The Morgan fingerprint density at radius 3 is 2.92 bits per heavy atom. The molecule has 1 nitrogen and oxygen atoms in total. The van der Waals surface area contributed by atoms with E-state index in [1.54, 1.807) is 6.20 Å². The molecule has 0 amide bonds. The van der Waals surface area contributed by atoms with Gasteiger partial charge in [0.15, 0.2) is 0 Å². The van der Waals surface area contributed by atoms with Gasteiger partial charge in [0.1, 0.15) is 0 Å². The summed E-state index contributed by atoms with van der Waals surface area (Å²) in [5.74, 6) is 1.08. The Morgan fingerprint density at radius 1 is 1.58 bits per heavy atom. The lowest BCUT2D eigenvalue weighted by Gasteiger charge is -2.19. The molecular weight excluding hydrogens is 146 g/mol. The van der Waals surface area contributed by atoms with Crippen molar-refractivity contribution in [1.82, 2.24) is 0 Å². The van der Waals surface area contributed by atoms with Crippen LogP contribution in [0.5, 0.6) is 0 Å². The SMILES string of the molecule is CCC1=CC(/C=C\N)C(C)C=C1. The van der Waals surface area contributed by atoms with Gasteiger partial charge in [0.2, 0.25) is 0 Å². The van der Waals surface area contributed by atoms with Crippen molar-refractivity contribution in [2.75, 3.05) is 0 Å². The normalized spacial score (nSPS) is 29.3. The molecule has 0 fully saturated rings. The van der Waals surface area contributed by atoms with Gasteiger partial charge in [0, 0.05) is 5.92 Å². The Labute approximate surface area is 74.7 Å². The van der Waals surface area contributed by atoms with E-state index < -0.39 is 0 Å². The zero-order valence-corrected chi connectivity index (χ0v) is 7.83. The maximum Gasteiger partial charge on any atom is 0.00298 e. The van der Waals surface area contributed by atoms with Gasteiger partial charge in [0.05, 0.1) is 0 Å². The summed E-state index contributed by atoms with van der Waals surface area (Å²) in [6, 6.07) is 0. The third kappa shape index (κ3) is 2.00. The van der Waals surface area contributed by atoms with Crippen LogP contribution in [0, 0.1) is 11.8 Å². The molecule has 1 rings (SSSR count). The number of nitrogens with two attached hydrogens (primary N) is 1. The zero-order valence-electron chi connectivity index (χ0n) is 7.83. The standard InChI is InChI=1S/C11H17N/c1-3-10-5-4-9(2)11(8-10)6-7-12/h4-9,11H,3,12H2,1-2H3/b7-6-. The van der Waals surface area contributed by atoms with Crippen LogP contribution in [0.2, 0.25) is 0 Å². The Morgan fingerprint density at radius 2 is 2.33 bits per heavy atom. The highest BCUT2D eigenvalue weighted by atomic mass is 14.5. The van der Waals surface area contributed by atoms with Crippen molar-refractivity contribution in [3.8, 4) is 0 Å². The summed E-state index contributed by atoms with van der Waals surface area (Å²) < 4.78 is 0. The Kier molecular flexibility index (Phi) is 3.15. The highest BCUT2D eigenvalue weighted by Gasteiger charge is 2.12. The molecule has 1 aliphatic rings. The van der Waals surface area contributed by atoms with Gasteiger partial charge >= 0.3 is 0 Å². The van der Waals surface area contributed by atoms with Gasteiger partial charge in [-0.25, -0.2) is 0 Å². The summed E-state index contributed by atoms with van der Waals surface area (Å²) in [6.07, 6.45) is 11.6. The molecule has 0 bridgehead atoms. The molecule has 1 aliphatic carbocycles. The molecule has 0 heterocycles. The smallest absolute Gasteiger partial charge is 0.00298 e. The van der Waals surface area contributed by atoms with Crippen molar-refractivity contribution in [2.24, 2.45) is 17.6 Å². The van der Waals surface area contributed by atoms with Crippen molar-refractivity contribution >= 4 is 0 Å². The Hall–Kier alpha value is -0.980. The maximum absolute atomic E-state index is 5.37. The summed E-state index contributed by atoms with van der Waals surface area (Å²) in [5, 5.41) is 0. The van der Waals surface area contributed by atoms with Crippen LogP contribution in [0.1, 0.15) is 20.3 Å². The molecule has 12 heavy (non-hydrogen) atoms. The van der Waals surface area contributed by atoms with Crippen LogP contribution in [-0.2, 0) is 0 Å². The molecule has 2 atom stereocenters. The highest BCUT2D eigenvalue weighted by molar-refractivity contribution is 5.27. The Balaban J connectivity index is 2.73. The van der Waals surface area contributed by atoms with Gasteiger partial charge in [-0.1, -0.05) is 43.7 Å². The van der Waals surface area contributed by atoms with E-state index in [2.05, 4.69) is 38.2 Å². The third-order valence-corrected chi connectivity index (χ3v) is 2.37. The molecule has 66 valence electrons. The molecule has 1 heteroatoms. The monoisotopic (exact) mass is 163 g/mol. The summed E-state index contributed by atoms with van der Waals surface area (Å²) in [5.41, 5.74) is 6.79. The minimum absolute atomic E-state index is 0.495. The second-order valence-electron chi connectivity index (χ2n) is 3.28. The number of hydrogen-bond donors (Lipinski definition) is 1. The van der Waals surface area contributed by atoms with E-state index in [-0.39, 0.29) is 0 Å². The van der Waals surface area contributed by atoms with E-state index in [0.717, 1.165) is 6.42 Å². The summed E-state index contributed by atoms with van der Waals surface area (Å²) in [6.45, 7) is 4.39. The van der Waals surface area contributed by atoms with Crippen LogP contribution in [0.25, 0.3) is 0 Å². The molecule has 0 aromatic rings. The first-order valence-corrected chi connectivity index (χ1v) is 4.55. The predicted molar refractivity (Wildman–Crippen MR) is 53.5 cm³/mol. The summed E-state index contributed by atoms with van der Waals surface area (Å²) in [7, 11) is 0.